The van der Waals surface area contributed by atoms with Crippen molar-refractivity contribution in [3.8, 4) is 0 Å². The predicted molar refractivity (Wildman–Crippen MR) is 82.2 cm³/mol. The zero-order chi connectivity index (χ0) is 14.9. The van der Waals surface area contributed by atoms with Gasteiger partial charge in [-0.2, -0.15) is 0 Å². The van der Waals surface area contributed by atoms with E-state index in [1.54, 1.807) is 6.20 Å². The summed E-state index contributed by atoms with van der Waals surface area (Å²) in [6.45, 7) is 2.34. The molecular formula is C17H20N4O. The molecule has 1 fully saturated rings. The minimum absolute atomic E-state index is 0.547. The molecule has 22 heavy (non-hydrogen) atoms. The molecular weight excluding hydrogens is 276 g/mol. The van der Waals surface area contributed by atoms with E-state index in [-0.39, 0.29) is 0 Å². The van der Waals surface area contributed by atoms with Gasteiger partial charge in [0.15, 0.2) is 0 Å². The van der Waals surface area contributed by atoms with E-state index >= 15 is 0 Å². The molecule has 1 aliphatic carbocycles. The summed E-state index contributed by atoms with van der Waals surface area (Å²) in [4.78, 5) is 15.7. The lowest BCUT2D eigenvalue weighted by molar-refractivity contribution is 0.102. The third-order valence-corrected chi connectivity index (χ3v) is 4.43. The molecule has 5 heteroatoms. The number of rotatable bonds is 4. The van der Waals surface area contributed by atoms with Crippen LogP contribution in [0.1, 0.15) is 47.6 Å². The van der Waals surface area contributed by atoms with Gasteiger partial charge in [0.2, 0.25) is 0 Å². The SMILES string of the molecule is OC(CN1CCc2nc(C3CC3)ncc2C1)c1ccccn1. The fraction of sp³-hybridized carbons (Fsp3) is 0.471. The van der Waals surface area contributed by atoms with Gasteiger partial charge in [-0.1, -0.05) is 6.07 Å². The van der Waals surface area contributed by atoms with E-state index in [4.69, 9.17) is 4.98 Å². The molecule has 1 atom stereocenters. The first kappa shape index (κ1) is 13.8. The number of β-amino-alcohol motifs (C(OH)–C–C–N with tert-alkyl or cyclic N) is 1. The molecule has 0 aromatic carbocycles. The summed E-state index contributed by atoms with van der Waals surface area (Å²) in [7, 11) is 0. The lowest BCUT2D eigenvalue weighted by atomic mass is 10.1. The Bertz CT molecular complexity index is 657. The van der Waals surface area contributed by atoms with Gasteiger partial charge in [0.25, 0.3) is 0 Å². The molecule has 0 saturated heterocycles. The van der Waals surface area contributed by atoms with Crippen LogP contribution in [0.3, 0.4) is 0 Å². The van der Waals surface area contributed by atoms with Crippen molar-refractivity contribution in [1.29, 1.82) is 0 Å². The monoisotopic (exact) mass is 296 g/mol. The van der Waals surface area contributed by atoms with Gasteiger partial charge in [-0.3, -0.25) is 9.88 Å². The Morgan fingerprint density at radius 3 is 2.95 bits per heavy atom. The standard InChI is InChI=1S/C17H20N4O/c22-16(15-3-1-2-7-18-15)11-21-8-6-14-13(10-21)9-19-17(20-14)12-4-5-12/h1-3,7,9,12,16,22H,4-6,8,10-11H2. The molecule has 1 saturated carbocycles. The van der Waals surface area contributed by atoms with Crippen molar-refractivity contribution in [1.82, 2.24) is 19.9 Å². The summed E-state index contributed by atoms with van der Waals surface area (Å²) in [6, 6.07) is 5.64. The number of pyridine rings is 1. The molecule has 5 nitrogen and oxygen atoms in total. The van der Waals surface area contributed by atoms with Gasteiger partial charge >= 0.3 is 0 Å². The highest BCUT2D eigenvalue weighted by atomic mass is 16.3. The van der Waals surface area contributed by atoms with E-state index < -0.39 is 6.10 Å². The van der Waals surface area contributed by atoms with Crippen LogP contribution in [0.2, 0.25) is 0 Å². The lowest BCUT2D eigenvalue weighted by Gasteiger charge is -2.29. The molecule has 0 bridgehead atoms. The van der Waals surface area contributed by atoms with Gasteiger partial charge in [0.1, 0.15) is 11.9 Å². The van der Waals surface area contributed by atoms with Gasteiger partial charge in [-0.25, -0.2) is 9.97 Å². The number of hydrogen-bond acceptors (Lipinski definition) is 5. The van der Waals surface area contributed by atoms with Crippen molar-refractivity contribution in [3.63, 3.8) is 0 Å². The smallest absolute Gasteiger partial charge is 0.131 e. The van der Waals surface area contributed by atoms with E-state index in [1.165, 1.54) is 24.1 Å². The first-order chi connectivity index (χ1) is 10.8. The van der Waals surface area contributed by atoms with Crippen LogP contribution < -0.4 is 0 Å². The molecule has 1 N–H and O–H groups in total. The normalized spacial score (nSPS) is 19.7. The first-order valence-electron chi connectivity index (χ1n) is 7.95. The van der Waals surface area contributed by atoms with Crippen molar-refractivity contribution in [2.45, 2.75) is 37.8 Å². The van der Waals surface area contributed by atoms with Crippen molar-refractivity contribution in [2.24, 2.45) is 0 Å². The Morgan fingerprint density at radius 2 is 2.18 bits per heavy atom. The second kappa shape index (κ2) is 5.74. The van der Waals surface area contributed by atoms with Crippen LogP contribution in [0.5, 0.6) is 0 Å². The van der Waals surface area contributed by atoms with Crippen LogP contribution in [0.25, 0.3) is 0 Å². The zero-order valence-corrected chi connectivity index (χ0v) is 12.5. The zero-order valence-electron chi connectivity index (χ0n) is 12.5. The Morgan fingerprint density at radius 1 is 1.27 bits per heavy atom. The van der Waals surface area contributed by atoms with Gasteiger partial charge in [-0.05, 0) is 25.0 Å². The summed E-state index contributed by atoms with van der Waals surface area (Å²) < 4.78 is 0. The van der Waals surface area contributed by atoms with Crippen LogP contribution in [0.15, 0.2) is 30.6 Å². The van der Waals surface area contributed by atoms with Crippen LogP contribution in [-0.4, -0.2) is 38.0 Å². The van der Waals surface area contributed by atoms with Gasteiger partial charge in [-0.15, -0.1) is 0 Å². The van der Waals surface area contributed by atoms with E-state index in [0.717, 1.165) is 31.0 Å². The van der Waals surface area contributed by atoms with Gasteiger partial charge in [0.05, 0.1) is 5.69 Å². The van der Waals surface area contributed by atoms with Crippen LogP contribution >= 0.6 is 0 Å². The van der Waals surface area contributed by atoms with E-state index in [9.17, 15) is 5.11 Å². The summed E-state index contributed by atoms with van der Waals surface area (Å²) in [5.41, 5.74) is 3.12. The van der Waals surface area contributed by atoms with E-state index in [2.05, 4.69) is 14.9 Å². The number of aliphatic hydroxyl groups is 1. The molecule has 2 aromatic heterocycles. The number of fused-ring (bicyclic) bond motifs is 1. The number of aromatic nitrogens is 3. The van der Waals surface area contributed by atoms with Crippen LogP contribution in [-0.2, 0) is 13.0 Å². The lowest BCUT2D eigenvalue weighted by Crippen LogP contribution is -2.34. The third kappa shape index (κ3) is 2.87. The van der Waals surface area contributed by atoms with Crippen LogP contribution in [0, 0.1) is 0 Å². The van der Waals surface area contributed by atoms with Crippen molar-refractivity contribution in [2.75, 3.05) is 13.1 Å². The van der Waals surface area contributed by atoms with E-state index in [1.807, 2.05) is 24.4 Å². The molecule has 4 rings (SSSR count). The highest BCUT2D eigenvalue weighted by molar-refractivity contribution is 5.22. The summed E-state index contributed by atoms with van der Waals surface area (Å²) in [6.07, 6.45) is 6.57. The number of nitrogens with zero attached hydrogens (tertiary/aromatic N) is 4. The minimum atomic E-state index is -0.547. The molecule has 1 unspecified atom stereocenters. The summed E-state index contributed by atoms with van der Waals surface area (Å²) in [5, 5.41) is 10.3. The second-order valence-corrected chi connectivity index (χ2v) is 6.23. The van der Waals surface area contributed by atoms with Crippen molar-refractivity contribution < 1.29 is 5.11 Å². The molecule has 2 aromatic rings. The fourth-order valence-corrected chi connectivity index (χ4v) is 3.00. The van der Waals surface area contributed by atoms with E-state index in [0.29, 0.717) is 12.5 Å². The van der Waals surface area contributed by atoms with Crippen LogP contribution in [0.4, 0.5) is 0 Å². The van der Waals surface area contributed by atoms with Gasteiger partial charge in [0, 0.05) is 55.6 Å². The molecule has 0 amide bonds. The molecule has 0 radical (unpaired) electrons. The molecule has 3 heterocycles. The largest absolute Gasteiger partial charge is 0.385 e. The maximum Gasteiger partial charge on any atom is 0.131 e. The second-order valence-electron chi connectivity index (χ2n) is 6.23. The fourth-order valence-electron chi connectivity index (χ4n) is 3.00. The maximum atomic E-state index is 10.3. The first-order valence-corrected chi connectivity index (χ1v) is 7.95. The molecule has 1 aliphatic heterocycles. The average Bonchev–Trinajstić information content (AvgIpc) is 3.40. The Hall–Kier alpha value is -1.85. The average molecular weight is 296 g/mol. The van der Waals surface area contributed by atoms with Crippen molar-refractivity contribution >= 4 is 0 Å². The number of hydrogen-bond donors (Lipinski definition) is 1. The highest BCUT2D eigenvalue weighted by Crippen LogP contribution is 2.38. The molecule has 114 valence electrons. The number of aliphatic hydroxyl groups excluding tert-OH is 1. The Labute approximate surface area is 130 Å². The summed E-state index contributed by atoms with van der Waals surface area (Å²) >= 11 is 0. The highest BCUT2D eigenvalue weighted by Gasteiger charge is 2.28. The Kier molecular flexibility index (Phi) is 3.60. The Balaban J connectivity index is 1.43. The molecule has 2 aliphatic rings. The quantitative estimate of drug-likeness (QED) is 0.933. The minimum Gasteiger partial charge on any atom is -0.385 e. The predicted octanol–water partition coefficient (Wildman–Crippen LogP) is 1.84. The van der Waals surface area contributed by atoms with Gasteiger partial charge < -0.3 is 5.11 Å². The topological polar surface area (TPSA) is 62.1 Å². The summed E-state index contributed by atoms with van der Waals surface area (Å²) in [5.74, 6) is 1.63. The van der Waals surface area contributed by atoms with Crippen molar-refractivity contribution in [3.05, 3.63) is 53.4 Å². The molecule has 0 spiro atoms. The maximum absolute atomic E-state index is 10.3. The third-order valence-electron chi connectivity index (χ3n) is 4.43.